The number of rotatable bonds is 2. The van der Waals surface area contributed by atoms with E-state index in [0.717, 1.165) is 5.69 Å². The van der Waals surface area contributed by atoms with Gasteiger partial charge in [0, 0.05) is 33.1 Å². The Morgan fingerprint density at radius 1 is 1.53 bits per heavy atom. The van der Waals surface area contributed by atoms with Crippen LogP contribution in [0.15, 0.2) is 6.20 Å². The van der Waals surface area contributed by atoms with Crippen molar-refractivity contribution in [2.24, 2.45) is 7.05 Å². The Bertz CT molecular complexity index is 342. The summed E-state index contributed by atoms with van der Waals surface area (Å²) >= 11 is 0. The van der Waals surface area contributed by atoms with Gasteiger partial charge in [0.2, 0.25) is 0 Å². The van der Waals surface area contributed by atoms with Crippen LogP contribution in [0, 0.1) is 0 Å². The lowest BCUT2D eigenvalue weighted by atomic mass is 9.90. The molecular weight excluding hydrogens is 196 g/mol. The molecule has 2 heterocycles. The molecule has 0 spiro atoms. The highest BCUT2D eigenvalue weighted by molar-refractivity contribution is 5.31. The fourth-order valence-corrected chi connectivity index (χ4v) is 2.04. The number of aromatic nitrogens is 2. The van der Waals surface area contributed by atoms with Gasteiger partial charge < -0.3 is 14.6 Å². The highest BCUT2D eigenvalue weighted by Crippen LogP contribution is 2.36. The lowest BCUT2D eigenvalue weighted by Gasteiger charge is -2.32. The predicted octanol–water partition coefficient (Wildman–Crippen LogP) is 0.427. The van der Waals surface area contributed by atoms with Crippen molar-refractivity contribution in [3.8, 4) is 5.75 Å². The molecule has 1 N–H and O–H groups in total. The highest BCUT2D eigenvalue weighted by atomic mass is 16.5. The molecule has 1 aliphatic rings. The van der Waals surface area contributed by atoms with E-state index in [4.69, 9.17) is 9.47 Å². The minimum atomic E-state index is -0.866. The maximum atomic E-state index is 10.5. The molecular formula is C10H16N2O3. The van der Waals surface area contributed by atoms with Crippen molar-refractivity contribution in [1.82, 2.24) is 9.78 Å². The molecule has 0 saturated carbocycles. The Hall–Kier alpha value is -1.07. The van der Waals surface area contributed by atoms with E-state index in [1.165, 1.54) is 0 Å². The molecule has 2 rings (SSSR count). The topological polar surface area (TPSA) is 56.5 Å². The van der Waals surface area contributed by atoms with Crippen LogP contribution < -0.4 is 4.74 Å². The van der Waals surface area contributed by atoms with Crippen LogP contribution in [0.5, 0.6) is 5.75 Å². The monoisotopic (exact) mass is 212 g/mol. The van der Waals surface area contributed by atoms with Crippen LogP contribution in [0.25, 0.3) is 0 Å². The number of ether oxygens (including phenoxy) is 2. The number of hydrogen-bond acceptors (Lipinski definition) is 4. The highest BCUT2D eigenvalue weighted by Gasteiger charge is 2.37. The van der Waals surface area contributed by atoms with Crippen molar-refractivity contribution in [2.75, 3.05) is 20.3 Å². The van der Waals surface area contributed by atoms with Gasteiger partial charge in [-0.25, -0.2) is 0 Å². The first-order chi connectivity index (χ1) is 7.17. The first-order valence-corrected chi connectivity index (χ1v) is 5.04. The third kappa shape index (κ3) is 1.72. The van der Waals surface area contributed by atoms with Gasteiger partial charge in [-0.3, -0.25) is 4.68 Å². The first kappa shape index (κ1) is 10.4. The maximum Gasteiger partial charge on any atom is 0.162 e. The summed E-state index contributed by atoms with van der Waals surface area (Å²) in [6.45, 7) is 1.15. The number of nitrogens with zero attached hydrogens (tertiary/aromatic N) is 2. The molecule has 0 bridgehead atoms. The van der Waals surface area contributed by atoms with Gasteiger partial charge in [-0.1, -0.05) is 0 Å². The molecule has 1 fully saturated rings. The minimum absolute atomic E-state index is 0.574. The summed E-state index contributed by atoms with van der Waals surface area (Å²) in [5.74, 6) is 0.641. The number of aryl methyl sites for hydroxylation is 1. The minimum Gasteiger partial charge on any atom is -0.493 e. The van der Waals surface area contributed by atoms with Gasteiger partial charge in [-0.15, -0.1) is 0 Å². The molecule has 0 amide bonds. The summed E-state index contributed by atoms with van der Waals surface area (Å²) < 4.78 is 12.1. The van der Waals surface area contributed by atoms with E-state index in [2.05, 4.69) is 5.10 Å². The van der Waals surface area contributed by atoms with E-state index in [0.29, 0.717) is 31.8 Å². The van der Waals surface area contributed by atoms with E-state index in [1.54, 1.807) is 18.0 Å². The van der Waals surface area contributed by atoms with E-state index in [9.17, 15) is 5.11 Å². The zero-order valence-corrected chi connectivity index (χ0v) is 9.06. The molecule has 5 nitrogen and oxygen atoms in total. The van der Waals surface area contributed by atoms with E-state index in [1.807, 2.05) is 7.05 Å². The lowest BCUT2D eigenvalue weighted by molar-refractivity contribution is -0.0736. The summed E-state index contributed by atoms with van der Waals surface area (Å²) in [6.07, 6.45) is 2.80. The summed E-state index contributed by atoms with van der Waals surface area (Å²) in [5.41, 5.74) is -0.122. The van der Waals surface area contributed by atoms with Crippen LogP contribution in [-0.4, -0.2) is 35.2 Å². The second kappa shape index (κ2) is 3.83. The van der Waals surface area contributed by atoms with Crippen LogP contribution in [0.1, 0.15) is 18.5 Å². The molecule has 5 heteroatoms. The number of hydrogen-bond donors (Lipinski definition) is 1. The van der Waals surface area contributed by atoms with Gasteiger partial charge >= 0.3 is 0 Å². The van der Waals surface area contributed by atoms with Crippen molar-refractivity contribution in [1.29, 1.82) is 0 Å². The molecule has 1 aromatic rings. The Labute approximate surface area is 88.6 Å². The molecule has 15 heavy (non-hydrogen) atoms. The van der Waals surface area contributed by atoms with Crippen molar-refractivity contribution in [2.45, 2.75) is 18.4 Å². The molecule has 0 atom stereocenters. The average molecular weight is 212 g/mol. The molecule has 84 valence electrons. The molecule has 0 unspecified atom stereocenters. The first-order valence-electron chi connectivity index (χ1n) is 5.04. The van der Waals surface area contributed by atoms with Crippen LogP contribution in [0.2, 0.25) is 0 Å². The zero-order chi connectivity index (χ0) is 10.9. The summed E-state index contributed by atoms with van der Waals surface area (Å²) in [5, 5.41) is 14.6. The van der Waals surface area contributed by atoms with E-state index >= 15 is 0 Å². The van der Waals surface area contributed by atoms with Crippen LogP contribution in [0.3, 0.4) is 0 Å². The second-order valence-electron chi connectivity index (χ2n) is 3.83. The Morgan fingerprint density at radius 3 is 2.80 bits per heavy atom. The van der Waals surface area contributed by atoms with Gasteiger partial charge in [0.15, 0.2) is 5.75 Å². The lowest BCUT2D eigenvalue weighted by Crippen LogP contribution is -2.35. The van der Waals surface area contributed by atoms with Crippen molar-refractivity contribution >= 4 is 0 Å². The zero-order valence-electron chi connectivity index (χ0n) is 9.06. The molecule has 0 radical (unpaired) electrons. The van der Waals surface area contributed by atoms with Crippen molar-refractivity contribution in [3.05, 3.63) is 11.9 Å². The van der Waals surface area contributed by atoms with Gasteiger partial charge in [0.05, 0.1) is 13.3 Å². The van der Waals surface area contributed by atoms with Crippen LogP contribution >= 0.6 is 0 Å². The van der Waals surface area contributed by atoms with Crippen molar-refractivity contribution in [3.63, 3.8) is 0 Å². The third-order valence-electron chi connectivity index (χ3n) is 2.89. The van der Waals surface area contributed by atoms with E-state index < -0.39 is 5.60 Å². The molecule has 0 aliphatic carbocycles. The quantitative estimate of drug-likeness (QED) is 0.772. The normalized spacial score (nSPS) is 20.2. The Balaban J connectivity index is 2.37. The smallest absolute Gasteiger partial charge is 0.162 e. The van der Waals surface area contributed by atoms with Crippen molar-refractivity contribution < 1.29 is 14.6 Å². The molecule has 1 aromatic heterocycles. The number of methoxy groups -OCH3 is 1. The Kier molecular flexibility index (Phi) is 2.67. The average Bonchev–Trinajstić information content (AvgIpc) is 2.61. The molecule has 1 aliphatic heterocycles. The fourth-order valence-electron chi connectivity index (χ4n) is 2.04. The van der Waals surface area contributed by atoms with Gasteiger partial charge in [0.25, 0.3) is 0 Å². The fraction of sp³-hybridized carbons (Fsp3) is 0.700. The third-order valence-corrected chi connectivity index (χ3v) is 2.89. The summed E-state index contributed by atoms with van der Waals surface area (Å²) in [7, 11) is 3.40. The Morgan fingerprint density at radius 2 is 2.20 bits per heavy atom. The molecule has 1 saturated heterocycles. The van der Waals surface area contributed by atoms with Gasteiger partial charge in [-0.05, 0) is 0 Å². The largest absolute Gasteiger partial charge is 0.493 e. The standard InChI is InChI=1S/C10H16N2O3/c1-12-9(8(14-2)7-11-12)10(13)3-5-15-6-4-10/h7,13H,3-6H2,1-2H3. The van der Waals surface area contributed by atoms with Gasteiger partial charge in [-0.2, -0.15) is 5.10 Å². The summed E-state index contributed by atoms with van der Waals surface area (Å²) in [6, 6.07) is 0. The van der Waals surface area contributed by atoms with Crippen LogP contribution in [-0.2, 0) is 17.4 Å². The van der Waals surface area contributed by atoms with E-state index in [-0.39, 0.29) is 0 Å². The molecule has 0 aromatic carbocycles. The number of aliphatic hydroxyl groups is 1. The van der Waals surface area contributed by atoms with Gasteiger partial charge in [0.1, 0.15) is 11.3 Å². The predicted molar refractivity (Wildman–Crippen MR) is 53.7 cm³/mol. The summed E-state index contributed by atoms with van der Waals surface area (Å²) in [4.78, 5) is 0. The maximum absolute atomic E-state index is 10.5. The van der Waals surface area contributed by atoms with Crippen LogP contribution in [0.4, 0.5) is 0 Å². The SMILES string of the molecule is COc1cnn(C)c1C1(O)CCOCC1. The second-order valence-corrected chi connectivity index (χ2v) is 3.83.